The molecule has 1 aliphatic rings. The quantitative estimate of drug-likeness (QED) is 0.393. The molecule has 148 valence electrons. The molecule has 0 atom stereocenters. The van der Waals surface area contributed by atoms with Crippen LogP contribution >= 0.6 is 0 Å². The topological polar surface area (TPSA) is 66.8 Å². The van der Waals surface area contributed by atoms with E-state index in [0.717, 1.165) is 29.8 Å². The zero-order chi connectivity index (χ0) is 20.3. The molecule has 0 aliphatic heterocycles. The molecule has 0 N–H and O–H groups in total. The standard InChI is InChI=1S/C22H25NO5/c1-14-9-20(15(2)23(14)17-6-7-17)21(24)13-28-22(25)8-5-16-10-18(26-3)12-19(11-16)27-4/h5,8-12,17H,6-7,13H2,1-4H3/b8-5+. The van der Waals surface area contributed by atoms with Gasteiger partial charge in [0.2, 0.25) is 5.78 Å². The van der Waals surface area contributed by atoms with E-state index in [4.69, 9.17) is 14.2 Å². The summed E-state index contributed by atoms with van der Waals surface area (Å²) in [5, 5.41) is 0. The summed E-state index contributed by atoms with van der Waals surface area (Å²) in [6, 6.07) is 7.66. The van der Waals surface area contributed by atoms with E-state index in [0.29, 0.717) is 23.1 Å². The number of Topliss-reactive ketones (excluding diaryl/α,β-unsaturated/α-hetero) is 1. The molecule has 6 nitrogen and oxygen atoms in total. The molecule has 28 heavy (non-hydrogen) atoms. The average molecular weight is 383 g/mol. The Bertz CT molecular complexity index is 899. The molecule has 0 spiro atoms. The van der Waals surface area contributed by atoms with Crippen LogP contribution in [0.4, 0.5) is 0 Å². The maximum absolute atomic E-state index is 12.5. The molecule has 6 heteroatoms. The van der Waals surface area contributed by atoms with Gasteiger partial charge in [-0.25, -0.2) is 4.79 Å². The first kappa shape index (κ1) is 19.7. The van der Waals surface area contributed by atoms with Gasteiger partial charge >= 0.3 is 5.97 Å². The maximum Gasteiger partial charge on any atom is 0.331 e. The van der Waals surface area contributed by atoms with Gasteiger partial charge in [-0.15, -0.1) is 0 Å². The Balaban J connectivity index is 1.61. The number of aryl methyl sites for hydroxylation is 1. The Morgan fingerprint density at radius 1 is 1.07 bits per heavy atom. The zero-order valence-electron chi connectivity index (χ0n) is 16.7. The Kier molecular flexibility index (Phi) is 5.87. The maximum atomic E-state index is 12.5. The van der Waals surface area contributed by atoms with Crippen molar-refractivity contribution in [3.05, 3.63) is 52.9 Å². The van der Waals surface area contributed by atoms with E-state index < -0.39 is 5.97 Å². The molecule has 3 rings (SSSR count). The van der Waals surface area contributed by atoms with Crippen LogP contribution in [0.3, 0.4) is 0 Å². The number of benzene rings is 1. The van der Waals surface area contributed by atoms with Crippen molar-refractivity contribution in [2.75, 3.05) is 20.8 Å². The highest BCUT2D eigenvalue weighted by Crippen LogP contribution is 2.38. The van der Waals surface area contributed by atoms with Crippen molar-refractivity contribution >= 4 is 17.8 Å². The second-order valence-corrected chi connectivity index (χ2v) is 6.90. The molecule has 1 fully saturated rings. The minimum Gasteiger partial charge on any atom is -0.497 e. The van der Waals surface area contributed by atoms with Gasteiger partial charge in [-0.05, 0) is 56.5 Å². The normalized spacial score (nSPS) is 13.6. The molecule has 1 aromatic heterocycles. The Morgan fingerprint density at radius 3 is 2.29 bits per heavy atom. The third-order valence-corrected chi connectivity index (χ3v) is 4.83. The monoisotopic (exact) mass is 383 g/mol. The van der Waals surface area contributed by atoms with Crippen LogP contribution in [-0.2, 0) is 9.53 Å². The van der Waals surface area contributed by atoms with Gasteiger partial charge in [-0.3, -0.25) is 4.79 Å². The molecular formula is C22H25NO5. The Hall–Kier alpha value is -3.02. The lowest BCUT2D eigenvalue weighted by Crippen LogP contribution is -2.13. The number of esters is 1. The van der Waals surface area contributed by atoms with Crippen LogP contribution in [-0.4, -0.2) is 37.1 Å². The molecule has 0 unspecified atom stereocenters. The van der Waals surface area contributed by atoms with E-state index >= 15 is 0 Å². The number of nitrogens with zero attached hydrogens (tertiary/aromatic N) is 1. The van der Waals surface area contributed by atoms with Gasteiger partial charge in [-0.2, -0.15) is 0 Å². The number of ketones is 1. The van der Waals surface area contributed by atoms with E-state index in [9.17, 15) is 9.59 Å². The number of hydrogen-bond acceptors (Lipinski definition) is 5. The summed E-state index contributed by atoms with van der Waals surface area (Å²) in [6.07, 6.45) is 5.18. The van der Waals surface area contributed by atoms with Crippen molar-refractivity contribution in [3.63, 3.8) is 0 Å². The summed E-state index contributed by atoms with van der Waals surface area (Å²) < 4.78 is 17.7. The van der Waals surface area contributed by atoms with Crippen LogP contribution < -0.4 is 9.47 Å². The first-order valence-corrected chi connectivity index (χ1v) is 9.22. The van der Waals surface area contributed by atoms with Gasteiger partial charge in [0, 0.05) is 35.1 Å². The predicted octanol–water partition coefficient (Wildman–Crippen LogP) is 3.90. The van der Waals surface area contributed by atoms with Gasteiger partial charge in [0.1, 0.15) is 11.5 Å². The minimum atomic E-state index is -0.578. The second kappa shape index (κ2) is 8.33. The highest BCUT2D eigenvalue weighted by Gasteiger charge is 2.28. The number of carbonyl (C=O) groups is 2. The predicted molar refractivity (Wildman–Crippen MR) is 106 cm³/mol. The highest BCUT2D eigenvalue weighted by atomic mass is 16.5. The lowest BCUT2D eigenvalue weighted by Gasteiger charge is -2.07. The third-order valence-electron chi connectivity index (χ3n) is 4.83. The van der Waals surface area contributed by atoms with Gasteiger partial charge in [-0.1, -0.05) is 0 Å². The van der Waals surface area contributed by atoms with Crippen molar-refractivity contribution in [3.8, 4) is 11.5 Å². The zero-order valence-corrected chi connectivity index (χ0v) is 16.7. The molecule has 0 radical (unpaired) electrons. The molecule has 1 aliphatic carbocycles. The van der Waals surface area contributed by atoms with Crippen LogP contribution in [0.2, 0.25) is 0 Å². The molecule has 0 amide bonds. The Labute approximate surface area is 164 Å². The van der Waals surface area contributed by atoms with Crippen molar-refractivity contribution in [1.29, 1.82) is 0 Å². The van der Waals surface area contributed by atoms with Crippen LogP contribution in [0, 0.1) is 13.8 Å². The first-order valence-electron chi connectivity index (χ1n) is 9.22. The highest BCUT2D eigenvalue weighted by molar-refractivity contribution is 6.00. The molecule has 1 aromatic carbocycles. The van der Waals surface area contributed by atoms with Crippen LogP contribution in [0.1, 0.15) is 46.2 Å². The van der Waals surface area contributed by atoms with Crippen LogP contribution in [0.15, 0.2) is 30.3 Å². The molecule has 2 aromatic rings. The van der Waals surface area contributed by atoms with E-state index in [1.807, 2.05) is 19.9 Å². The summed E-state index contributed by atoms with van der Waals surface area (Å²) in [5.74, 6) is 0.470. The Morgan fingerprint density at radius 2 is 1.71 bits per heavy atom. The number of methoxy groups -OCH3 is 2. The summed E-state index contributed by atoms with van der Waals surface area (Å²) >= 11 is 0. The number of carbonyl (C=O) groups excluding carboxylic acids is 2. The fourth-order valence-electron chi connectivity index (χ4n) is 3.31. The van der Waals surface area contributed by atoms with E-state index in [-0.39, 0.29) is 12.4 Å². The molecular weight excluding hydrogens is 358 g/mol. The SMILES string of the molecule is COc1cc(/C=C/C(=O)OCC(=O)c2cc(C)n(C3CC3)c2C)cc(OC)c1. The van der Waals surface area contributed by atoms with E-state index in [1.165, 1.54) is 6.08 Å². The summed E-state index contributed by atoms with van der Waals surface area (Å²) in [7, 11) is 3.12. The number of hydrogen-bond donors (Lipinski definition) is 0. The minimum absolute atomic E-state index is 0.190. The van der Waals surface area contributed by atoms with Gasteiger partial charge in [0.15, 0.2) is 6.61 Å². The van der Waals surface area contributed by atoms with Crippen molar-refractivity contribution < 1.29 is 23.8 Å². The summed E-state index contributed by atoms with van der Waals surface area (Å²) in [5.41, 5.74) is 3.37. The number of aromatic nitrogens is 1. The van der Waals surface area contributed by atoms with Gasteiger partial charge in [0.25, 0.3) is 0 Å². The van der Waals surface area contributed by atoms with Crippen molar-refractivity contribution in [2.45, 2.75) is 32.7 Å². The van der Waals surface area contributed by atoms with Crippen molar-refractivity contribution in [1.82, 2.24) is 4.57 Å². The summed E-state index contributed by atoms with van der Waals surface area (Å²) in [6.45, 7) is 3.66. The van der Waals surface area contributed by atoms with E-state index in [1.54, 1.807) is 38.5 Å². The fraction of sp³-hybridized carbons (Fsp3) is 0.364. The second-order valence-electron chi connectivity index (χ2n) is 6.90. The average Bonchev–Trinajstić information content (AvgIpc) is 3.48. The largest absolute Gasteiger partial charge is 0.497 e. The first-order chi connectivity index (χ1) is 13.4. The van der Waals surface area contributed by atoms with E-state index in [2.05, 4.69) is 4.57 Å². The number of ether oxygens (including phenoxy) is 3. The molecule has 1 saturated carbocycles. The smallest absolute Gasteiger partial charge is 0.331 e. The van der Waals surface area contributed by atoms with Gasteiger partial charge < -0.3 is 18.8 Å². The van der Waals surface area contributed by atoms with Gasteiger partial charge in [0.05, 0.1) is 14.2 Å². The summed E-state index contributed by atoms with van der Waals surface area (Å²) in [4.78, 5) is 24.5. The number of rotatable bonds is 8. The molecule has 0 saturated heterocycles. The molecule has 1 heterocycles. The fourth-order valence-corrected chi connectivity index (χ4v) is 3.31. The van der Waals surface area contributed by atoms with Crippen molar-refractivity contribution in [2.24, 2.45) is 0 Å². The van der Waals surface area contributed by atoms with Crippen LogP contribution in [0.5, 0.6) is 11.5 Å². The lowest BCUT2D eigenvalue weighted by atomic mass is 10.1. The molecule has 0 bridgehead atoms. The third kappa shape index (κ3) is 4.44. The lowest BCUT2D eigenvalue weighted by molar-refractivity contribution is -0.136. The van der Waals surface area contributed by atoms with Crippen LogP contribution in [0.25, 0.3) is 6.08 Å².